The first-order valence-electron chi connectivity index (χ1n) is 8.25. The van der Waals surface area contributed by atoms with Crippen molar-refractivity contribution < 1.29 is 8.42 Å². The van der Waals surface area contributed by atoms with E-state index < -0.39 is 14.6 Å². The lowest BCUT2D eigenvalue weighted by Gasteiger charge is -2.25. The minimum absolute atomic E-state index is 0.0328. The summed E-state index contributed by atoms with van der Waals surface area (Å²) in [6.45, 7) is 8.22. The molecule has 9 heteroatoms. The van der Waals surface area contributed by atoms with E-state index in [0.717, 1.165) is 31.0 Å². The Labute approximate surface area is 144 Å². The second-order valence-electron chi connectivity index (χ2n) is 7.01. The normalized spacial score (nSPS) is 19.0. The maximum atomic E-state index is 12.2. The minimum atomic E-state index is -3.15. The van der Waals surface area contributed by atoms with Gasteiger partial charge in [-0.1, -0.05) is 0 Å². The molecule has 0 aliphatic carbocycles. The van der Waals surface area contributed by atoms with Crippen LogP contribution in [0.25, 0.3) is 0 Å². The molecular formula is C15H28N6O2S. The number of nitrogens with zero attached hydrogens (tertiary/aromatic N) is 4. The summed E-state index contributed by atoms with van der Waals surface area (Å²) >= 11 is 0. The van der Waals surface area contributed by atoms with Crippen molar-refractivity contribution in [3.05, 3.63) is 11.6 Å². The zero-order valence-electron chi connectivity index (χ0n) is 15.1. The highest BCUT2D eigenvalue weighted by atomic mass is 32.2. The SMILES string of the molecule is CN=C(NCCS(=O)(=O)C(C)(C)C)NC1CCCn2nc(C)nc21. The topological polar surface area (TPSA) is 101 Å². The fourth-order valence-electron chi connectivity index (χ4n) is 2.57. The van der Waals surface area contributed by atoms with Gasteiger partial charge in [0, 0.05) is 20.1 Å². The first-order chi connectivity index (χ1) is 11.1. The van der Waals surface area contributed by atoms with Gasteiger partial charge in [0.15, 0.2) is 15.8 Å². The predicted molar refractivity (Wildman–Crippen MR) is 94.8 cm³/mol. The average molecular weight is 356 g/mol. The van der Waals surface area contributed by atoms with Gasteiger partial charge in [-0.05, 0) is 40.5 Å². The number of rotatable bonds is 4. The smallest absolute Gasteiger partial charge is 0.191 e. The number of nitrogens with one attached hydrogen (secondary N) is 2. The Morgan fingerprint density at radius 3 is 2.75 bits per heavy atom. The maximum absolute atomic E-state index is 12.2. The molecule has 0 bridgehead atoms. The molecule has 0 radical (unpaired) electrons. The number of aryl methyl sites for hydroxylation is 2. The summed E-state index contributed by atoms with van der Waals surface area (Å²) in [6.07, 6.45) is 1.96. The molecule has 0 fully saturated rings. The Hall–Kier alpha value is -1.64. The lowest BCUT2D eigenvalue weighted by Crippen LogP contribution is -2.44. The van der Waals surface area contributed by atoms with Crippen LogP contribution in [-0.4, -0.2) is 53.2 Å². The van der Waals surface area contributed by atoms with Crippen molar-refractivity contribution in [3.8, 4) is 0 Å². The third-order valence-electron chi connectivity index (χ3n) is 4.11. The lowest BCUT2D eigenvalue weighted by atomic mass is 10.1. The van der Waals surface area contributed by atoms with E-state index >= 15 is 0 Å². The van der Waals surface area contributed by atoms with Gasteiger partial charge < -0.3 is 10.6 Å². The van der Waals surface area contributed by atoms with E-state index in [2.05, 4.69) is 25.7 Å². The van der Waals surface area contributed by atoms with E-state index in [1.165, 1.54) is 0 Å². The number of aromatic nitrogens is 3. The lowest BCUT2D eigenvalue weighted by molar-refractivity contribution is 0.398. The van der Waals surface area contributed by atoms with Crippen molar-refractivity contribution in [1.82, 2.24) is 25.4 Å². The van der Waals surface area contributed by atoms with Crippen molar-refractivity contribution >= 4 is 15.8 Å². The van der Waals surface area contributed by atoms with Crippen molar-refractivity contribution in [2.75, 3.05) is 19.3 Å². The van der Waals surface area contributed by atoms with Gasteiger partial charge >= 0.3 is 0 Å². The van der Waals surface area contributed by atoms with Gasteiger partial charge in [0.1, 0.15) is 11.6 Å². The molecular weight excluding hydrogens is 328 g/mol. The minimum Gasteiger partial charge on any atom is -0.355 e. The summed E-state index contributed by atoms with van der Waals surface area (Å²) in [5.41, 5.74) is 0. The third-order valence-corrected chi connectivity index (χ3v) is 6.72. The van der Waals surface area contributed by atoms with E-state index in [4.69, 9.17) is 0 Å². The molecule has 2 rings (SSSR count). The van der Waals surface area contributed by atoms with Crippen LogP contribution in [0.15, 0.2) is 4.99 Å². The van der Waals surface area contributed by atoms with Crippen LogP contribution in [0.4, 0.5) is 0 Å². The molecule has 0 aromatic carbocycles. The molecule has 0 spiro atoms. The Balaban J connectivity index is 1.95. The quantitative estimate of drug-likeness (QED) is 0.611. The number of hydrogen-bond acceptors (Lipinski definition) is 5. The maximum Gasteiger partial charge on any atom is 0.191 e. The van der Waals surface area contributed by atoms with Crippen LogP contribution in [-0.2, 0) is 16.4 Å². The van der Waals surface area contributed by atoms with Crippen LogP contribution < -0.4 is 10.6 Å². The first-order valence-corrected chi connectivity index (χ1v) is 9.90. The zero-order valence-corrected chi connectivity index (χ0v) is 15.9. The number of sulfone groups is 1. The molecule has 0 amide bonds. The fourth-order valence-corrected chi connectivity index (χ4v) is 3.56. The number of hydrogen-bond donors (Lipinski definition) is 2. The van der Waals surface area contributed by atoms with E-state index in [9.17, 15) is 8.42 Å². The van der Waals surface area contributed by atoms with Crippen molar-refractivity contribution in [2.24, 2.45) is 4.99 Å². The highest BCUT2D eigenvalue weighted by Crippen LogP contribution is 2.22. The third kappa shape index (κ3) is 4.25. The summed E-state index contributed by atoms with van der Waals surface area (Å²) in [7, 11) is -1.48. The van der Waals surface area contributed by atoms with Gasteiger partial charge in [-0.2, -0.15) is 5.10 Å². The van der Waals surface area contributed by atoms with Crippen LogP contribution in [0, 0.1) is 6.92 Å². The molecule has 0 saturated heterocycles. The predicted octanol–water partition coefficient (Wildman–Crippen LogP) is 0.800. The summed E-state index contributed by atoms with van der Waals surface area (Å²) in [4.78, 5) is 8.67. The molecule has 136 valence electrons. The molecule has 1 atom stereocenters. The summed E-state index contributed by atoms with van der Waals surface area (Å²) < 4.78 is 25.5. The molecule has 1 unspecified atom stereocenters. The van der Waals surface area contributed by atoms with Gasteiger partial charge in [-0.3, -0.25) is 4.99 Å². The van der Waals surface area contributed by atoms with Gasteiger partial charge in [0.05, 0.1) is 16.5 Å². The van der Waals surface area contributed by atoms with Crippen LogP contribution in [0.5, 0.6) is 0 Å². The van der Waals surface area contributed by atoms with Crippen molar-refractivity contribution in [1.29, 1.82) is 0 Å². The van der Waals surface area contributed by atoms with E-state index in [1.807, 2.05) is 11.6 Å². The van der Waals surface area contributed by atoms with Crippen LogP contribution in [0.1, 0.15) is 51.3 Å². The Morgan fingerprint density at radius 1 is 1.42 bits per heavy atom. The standard InChI is InChI=1S/C15H28N6O2S/c1-11-18-13-12(7-6-9-21(13)20-11)19-14(16-5)17-8-10-24(22,23)15(2,3)4/h12H,6-10H2,1-5H3,(H2,16,17,19). The molecule has 1 aliphatic heterocycles. The van der Waals surface area contributed by atoms with E-state index in [1.54, 1.807) is 27.8 Å². The van der Waals surface area contributed by atoms with Crippen LogP contribution in [0.2, 0.25) is 0 Å². The zero-order chi connectivity index (χ0) is 18.0. The molecule has 0 saturated carbocycles. The Morgan fingerprint density at radius 2 is 2.12 bits per heavy atom. The van der Waals surface area contributed by atoms with Crippen molar-refractivity contribution in [2.45, 2.75) is 57.9 Å². The van der Waals surface area contributed by atoms with E-state index in [-0.39, 0.29) is 11.8 Å². The first kappa shape index (κ1) is 18.7. The Bertz CT molecular complexity index is 702. The average Bonchev–Trinajstić information content (AvgIpc) is 2.86. The summed E-state index contributed by atoms with van der Waals surface area (Å²) in [6, 6.07) is 0.0328. The summed E-state index contributed by atoms with van der Waals surface area (Å²) in [5, 5.41) is 10.8. The highest BCUT2D eigenvalue weighted by molar-refractivity contribution is 7.92. The second kappa shape index (κ2) is 7.08. The molecule has 2 N–H and O–H groups in total. The van der Waals surface area contributed by atoms with Gasteiger partial charge in [-0.25, -0.2) is 18.1 Å². The largest absolute Gasteiger partial charge is 0.355 e. The fraction of sp³-hybridized carbons (Fsp3) is 0.800. The molecule has 8 nitrogen and oxygen atoms in total. The molecule has 24 heavy (non-hydrogen) atoms. The van der Waals surface area contributed by atoms with Gasteiger partial charge in [0.25, 0.3) is 0 Å². The monoisotopic (exact) mass is 356 g/mol. The number of aliphatic imine (C=N–C) groups is 1. The summed E-state index contributed by atoms with van der Waals surface area (Å²) in [5.74, 6) is 2.32. The number of guanidine groups is 1. The van der Waals surface area contributed by atoms with Crippen LogP contribution in [0.3, 0.4) is 0 Å². The molecule has 1 aromatic rings. The van der Waals surface area contributed by atoms with E-state index in [0.29, 0.717) is 12.5 Å². The second-order valence-corrected chi connectivity index (χ2v) is 9.87. The van der Waals surface area contributed by atoms with Gasteiger partial charge in [-0.15, -0.1) is 0 Å². The molecule has 1 aromatic heterocycles. The highest BCUT2D eigenvalue weighted by Gasteiger charge is 2.28. The molecule has 1 aliphatic rings. The van der Waals surface area contributed by atoms with Gasteiger partial charge in [0.2, 0.25) is 0 Å². The number of fused-ring (bicyclic) bond motifs is 1. The van der Waals surface area contributed by atoms with Crippen molar-refractivity contribution in [3.63, 3.8) is 0 Å². The molecule has 2 heterocycles. The Kier molecular flexibility index (Phi) is 5.52. The van der Waals surface area contributed by atoms with Crippen LogP contribution >= 0.6 is 0 Å².